The second-order valence-corrected chi connectivity index (χ2v) is 7.90. The quantitative estimate of drug-likeness (QED) is 0.477. The maximum Gasteiger partial charge on any atom is 0.341 e. The number of rotatable bonds is 4. The molecule has 1 aliphatic carbocycles. The number of aromatic amines is 1. The summed E-state index contributed by atoms with van der Waals surface area (Å²) in [4.78, 5) is 21.2. The molecule has 0 aromatic carbocycles. The molecule has 2 aromatic heterocycles. The van der Waals surface area contributed by atoms with E-state index >= 15 is 0 Å². The van der Waals surface area contributed by atoms with Gasteiger partial charge in [-0.1, -0.05) is 11.3 Å². The highest BCUT2D eigenvalue weighted by Gasteiger charge is 2.26. The van der Waals surface area contributed by atoms with E-state index in [9.17, 15) is 9.90 Å². The van der Waals surface area contributed by atoms with E-state index in [0.29, 0.717) is 26.0 Å². The van der Waals surface area contributed by atoms with E-state index in [1.807, 2.05) is 0 Å². The van der Waals surface area contributed by atoms with Gasteiger partial charge < -0.3 is 14.8 Å². The molecule has 23 heavy (non-hydrogen) atoms. The highest BCUT2D eigenvalue weighted by molar-refractivity contribution is 7.73. The van der Waals surface area contributed by atoms with Crippen molar-refractivity contribution in [3.8, 4) is 5.88 Å². The van der Waals surface area contributed by atoms with Crippen LogP contribution in [-0.4, -0.2) is 28.9 Å². The predicted molar refractivity (Wildman–Crippen MR) is 95.3 cm³/mol. The largest absolute Gasteiger partial charge is 0.494 e. The van der Waals surface area contributed by atoms with Gasteiger partial charge in [-0.15, -0.1) is 11.3 Å². The number of hydrogen-bond donors (Lipinski definition) is 2. The van der Waals surface area contributed by atoms with Crippen LogP contribution in [0.3, 0.4) is 0 Å². The summed E-state index contributed by atoms with van der Waals surface area (Å²) in [6.07, 6.45) is 5.64. The van der Waals surface area contributed by atoms with Gasteiger partial charge in [0.15, 0.2) is 3.95 Å². The van der Waals surface area contributed by atoms with Crippen LogP contribution in [0.25, 0.3) is 0 Å². The monoisotopic (exact) mass is 368 g/mol. The maximum absolute atomic E-state index is 12.3. The Hall–Kier alpha value is -1.51. The zero-order chi connectivity index (χ0) is 16.4. The van der Waals surface area contributed by atoms with Crippen molar-refractivity contribution >= 4 is 52.1 Å². The Morgan fingerprint density at radius 2 is 2.22 bits per heavy atom. The van der Waals surface area contributed by atoms with Crippen molar-refractivity contribution in [3.05, 3.63) is 24.8 Å². The molecule has 0 aliphatic heterocycles. The van der Waals surface area contributed by atoms with E-state index in [0.717, 1.165) is 31.2 Å². The first-order chi connectivity index (χ1) is 11.1. The number of aryl methyl sites for hydroxylation is 1. The molecule has 0 atom stereocenters. The first-order valence-electron chi connectivity index (χ1n) is 7.38. The topological polar surface area (TPSA) is 74.7 Å². The zero-order valence-electron chi connectivity index (χ0n) is 12.5. The molecule has 0 radical (unpaired) electrons. The van der Waals surface area contributed by atoms with E-state index in [1.165, 1.54) is 27.6 Å². The molecular weight excluding hydrogens is 352 g/mol. The van der Waals surface area contributed by atoms with Gasteiger partial charge in [0.05, 0.1) is 18.4 Å². The Kier molecular flexibility index (Phi) is 4.93. The number of thiazole rings is 1. The minimum atomic E-state index is -0.315. The predicted octanol–water partition coefficient (Wildman–Crippen LogP) is 4.38. The van der Waals surface area contributed by atoms with Crippen molar-refractivity contribution in [1.29, 1.82) is 0 Å². The summed E-state index contributed by atoms with van der Waals surface area (Å²) in [5, 5.41) is 10.4. The number of hydrogen-bond acceptors (Lipinski definition) is 7. The Labute approximate surface area is 146 Å². The second kappa shape index (κ2) is 6.94. The van der Waals surface area contributed by atoms with Crippen molar-refractivity contribution in [2.75, 3.05) is 6.61 Å². The van der Waals surface area contributed by atoms with Crippen LogP contribution in [0, 0.1) is 3.95 Å². The lowest BCUT2D eigenvalue weighted by atomic mass is 9.95. The van der Waals surface area contributed by atoms with Gasteiger partial charge >= 0.3 is 5.97 Å². The van der Waals surface area contributed by atoms with Gasteiger partial charge in [0.2, 0.25) is 5.88 Å². The number of carbonyl (C=O) groups is 1. The minimum Gasteiger partial charge on any atom is -0.494 e. The van der Waals surface area contributed by atoms with E-state index in [2.05, 4.69) is 9.98 Å². The minimum absolute atomic E-state index is 0.00255. The van der Waals surface area contributed by atoms with Gasteiger partial charge in [0, 0.05) is 4.88 Å². The van der Waals surface area contributed by atoms with Crippen LogP contribution in [0.4, 0.5) is 5.00 Å². The molecule has 2 N–H and O–H groups in total. The van der Waals surface area contributed by atoms with Gasteiger partial charge in [0.25, 0.3) is 0 Å². The highest BCUT2D eigenvalue weighted by atomic mass is 32.1. The summed E-state index contributed by atoms with van der Waals surface area (Å²) in [5.41, 5.74) is 1.67. The number of esters is 1. The summed E-state index contributed by atoms with van der Waals surface area (Å²) in [7, 11) is 0. The van der Waals surface area contributed by atoms with Crippen molar-refractivity contribution in [2.45, 2.75) is 32.6 Å². The summed E-state index contributed by atoms with van der Waals surface area (Å²) in [6.45, 7) is 2.14. The lowest BCUT2D eigenvalue weighted by Gasteiger charge is -2.11. The van der Waals surface area contributed by atoms with Crippen molar-refractivity contribution in [1.82, 2.24) is 4.98 Å². The number of carbonyl (C=O) groups excluding carboxylic acids is 1. The third-order valence-electron chi connectivity index (χ3n) is 3.59. The Morgan fingerprint density at radius 1 is 1.43 bits per heavy atom. The van der Waals surface area contributed by atoms with Crippen molar-refractivity contribution in [2.24, 2.45) is 4.99 Å². The van der Waals surface area contributed by atoms with Crippen molar-refractivity contribution < 1.29 is 14.6 Å². The number of nitrogens with one attached hydrogen (secondary N) is 1. The van der Waals surface area contributed by atoms with Gasteiger partial charge in [-0.05, 0) is 50.4 Å². The smallest absolute Gasteiger partial charge is 0.341 e. The molecule has 2 heterocycles. The van der Waals surface area contributed by atoms with Gasteiger partial charge in [0.1, 0.15) is 9.88 Å². The molecule has 3 rings (SSSR count). The SMILES string of the molecule is CCOC(=O)c1c(/N=C/c2sc(=S)[nH]c2O)sc2c1CCCC2. The number of H-pyrrole nitrogens is 1. The molecular formula is C15H16N2O3S3. The molecule has 0 bridgehead atoms. The molecule has 0 saturated heterocycles. The average Bonchev–Trinajstić information content (AvgIpc) is 3.04. The molecule has 2 aromatic rings. The van der Waals surface area contributed by atoms with Crippen LogP contribution < -0.4 is 0 Å². The van der Waals surface area contributed by atoms with Crippen LogP contribution in [0.2, 0.25) is 0 Å². The molecule has 0 fully saturated rings. The Balaban J connectivity index is 2.00. The standard InChI is InChI=1S/C15H16N2O3S3/c1-2-20-14(19)11-8-5-3-4-6-9(8)22-13(11)16-7-10-12(18)17-15(21)23-10/h7,18H,2-6H2,1H3,(H,17,21)/b16-7+. The molecule has 0 unspecified atom stereocenters. The van der Waals surface area contributed by atoms with Gasteiger partial charge in [-0.25, -0.2) is 9.79 Å². The number of fused-ring (bicyclic) bond motifs is 1. The average molecular weight is 369 g/mol. The van der Waals surface area contributed by atoms with Crippen molar-refractivity contribution in [3.63, 3.8) is 0 Å². The lowest BCUT2D eigenvalue weighted by Crippen LogP contribution is -2.09. The second-order valence-electron chi connectivity index (χ2n) is 5.10. The third kappa shape index (κ3) is 3.39. The fraction of sp³-hybridized carbons (Fsp3) is 0.400. The van der Waals surface area contributed by atoms with Crippen LogP contribution in [-0.2, 0) is 17.6 Å². The lowest BCUT2D eigenvalue weighted by molar-refractivity contribution is 0.0526. The number of aromatic nitrogens is 1. The molecule has 0 spiro atoms. The van der Waals surface area contributed by atoms with Gasteiger partial charge in [-0.2, -0.15) is 0 Å². The Morgan fingerprint density at radius 3 is 2.91 bits per heavy atom. The van der Waals surface area contributed by atoms with Crippen LogP contribution in [0.5, 0.6) is 5.88 Å². The number of thiophene rings is 1. The molecule has 1 aliphatic rings. The highest BCUT2D eigenvalue weighted by Crippen LogP contribution is 2.40. The third-order valence-corrected chi connectivity index (χ3v) is 5.95. The van der Waals surface area contributed by atoms with Crippen LogP contribution in [0.15, 0.2) is 4.99 Å². The number of nitrogens with zero attached hydrogens (tertiary/aromatic N) is 1. The molecule has 122 valence electrons. The first-order valence-corrected chi connectivity index (χ1v) is 9.42. The number of ether oxygens (including phenoxy) is 1. The zero-order valence-corrected chi connectivity index (χ0v) is 15.0. The molecule has 5 nitrogen and oxygen atoms in total. The number of aromatic hydroxyl groups is 1. The molecule has 0 saturated carbocycles. The number of aliphatic imine (C=N–C) groups is 1. The summed E-state index contributed by atoms with van der Waals surface area (Å²) < 4.78 is 5.68. The summed E-state index contributed by atoms with van der Waals surface area (Å²) >= 11 is 7.77. The van der Waals surface area contributed by atoms with E-state index < -0.39 is 0 Å². The van der Waals surface area contributed by atoms with Crippen LogP contribution >= 0.6 is 34.9 Å². The fourth-order valence-electron chi connectivity index (χ4n) is 2.59. The van der Waals surface area contributed by atoms with E-state index in [1.54, 1.807) is 13.1 Å². The van der Waals surface area contributed by atoms with E-state index in [4.69, 9.17) is 17.0 Å². The maximum atomic E-state index is 12.3. The van der Waals surface area contributed by atoms with Crippen LogP contribution in [0.1, 0.15) is 45.4 Å². The molecule has 8 heteroatoms. The molecule has 0 amide bonds. The Bertz CT molecular complexity index is 817. The fourth-order valence-corrected chi connectivity index (χ4v) is 4.78. The van der Waals surface area contributed by atoms with Gasteiger partial charge in [-0.3, -0.25) is 0 Å². The summed E-state index contributed by atoms with van der Waals surface area (Å²) in [5.74, 6) is -0.312. The van der Waals surface area contributed by atoms with E-state index in [-0.39, 0.29) is 11.8 Å². The normalized spacial score (nSPS) is 14.1. The summed E-state index contributed by atoms with van der Waals surface area (Å²) in [6, 6.07) is 0. The first kappa shape index (κ1) is 16.4.